The number of nitrogens with zero attached hydrogens (tertiary/aromatic N) is 3. The molecule has 5 nitrogen and oxygen atoms in total. The Morgan fingerprint density at radius 3 is 2.77 bits per heavy atom. The standard InChI is InChI=1S/C22H18FN3O2S2/c23-15-5-7-16(8-6-15)26-21(28)20-17(10-12-29-20)24-22(26)30-13-19(27)25-11-9-14-3-1-2-4-18(14)25/h1-8H,9-13H2. The number of aryl methyl sites for hydroxylation is 1. The minimum Gasteiger partial charge on any atom is -0.311 e. The van der Waals surface area contributed by atoms with Crippen molar-refractivity contribution in [2.45, 2.75) is 22.9 Å². The fourth-order valence-electron chi connectivity index (χ4n) is 3.81. The van der Waals surface area contributed by atoms with Crippen LogP contribution in [-0.2, 0) is 17.6 Å². The van der Waals surface area contributed by atoms with Crippen LogP contribution in [0.4, 0.5) is 10.1 Å². The maximum Gasteiger partial charge on any atom is 0.272 e. The number of amides is 1. The van der Waals surface area contributed by atoms with Crippen molar-refractivity contribution in [1.82, 2.24) is 9.55 Å². The van der Waals surface area contributed by atoms with Gasteiger partial charge in [0.1, 0.15) is 5.82 Å². The van der Waals surface area contributed by atoms with Crippen LogP contribution in [0.3, 0.4) is 0 Å². The molecule has 0 fully saturated rings. The summed E-state index contributed by atoms with van der Waals surface area (Å²) in [6.45, 7) is 0.664. The molecule has 0 radical (unpaired) electrons. The fraction of sp³-hybridized carbons (Fsp3) is 0.227. The molecule has 5 rings (SSSR count). The van der Waals surface area contributed by atoms with Crippen molar-refractivity contribution in [1.29, 1.82) is 0 Å². The van der Waals surface area contributed by atoms with Crippen LogP contribution < -0.4 is 10.5 Å². The van der Waals surface area contributed by atoms with Gasteiger partial charge in [0.2, 0.25) is 5.91 Å². The molecule has 2 aliphatic heterocycles. The van der Waals surface area contributed by atoms with E-state index in [1.165, 1.54) is 45.8 Å². The second kappa shape index (κ2) is 7.92. The Hall–Kier alpha value is -2.58. The molecular weight excluding hydrogens is 421 g/mol. The highest BCUT2D eigenvalue weighted by Gasteiger charge is 2.26. The van der Waals surface area contributed by atoms with Crippen LogP contribution in [0.5, 0.6) is 0 Å². The van der Waals surface area contributed by atoms with Crippen LogP contribution in [0, 0.1) is 5.82 Å². The second-order valence-electron chi connectivity index (χ2n) is 7.10. The van der Waals surface area contributed by atoms with Gasteiger partial charge < -0.3 is 4.90 Å². The lowest BCUT2D eigenvalue weighted by molar-refractivity contribution is -0.116. The predicted octanol–water partition coefficient (Wildman–Crippen LogP) is 3.70. The van der Waals surface area contributed by atoms with Crippen molar-refractivity contribution in [3.63, 3.8) is 0 Å². The SMILES string of the molecule is O=C(CSc1nc2c(c(=O)n1-c1ccc(F)cc1)SCC2)N1CCc2ccccc21. The summed E-state index contributed by atoms with van der Waals surface area (Å²) in [6, 6.07) is 13.7. The summed E-state index contributed by atoms with van der Waals surface area (Å²) in [7, 11) is 0. The summed E-state index contributed by atoms with van der Waals surface area (Å²) in [5.41, 5.74) is 3.30. The van der Waals surface area contributed by atoms with E-state index in [2.05, 4.69) is 0 Å². The molecule has 0 bridgehead atoms. The third kappa shape index (κ3) is 3.44. The zero-order valence-corrected chi connectivity index (χ0v) is 17.6. The third-order valence-corrected chi connectivity index (χ3v) is 7.29. The van der Waals surface area contributed by atoms with Crippen molar-refractivity contribution in [3.8, 4) is 5.69 Å². The molecule has 3 heterocycles. The number of carbonyl (C=O) groups is 1. The molecule has 0 unspecified atom stereocenters. The number of carbonyl (C=O) groups excluding carboxylic acids is 1. The summed E-state index contributed by atoms with van der Waals surface area (Å²) < 4.78 is 14.9. The van der Waals surface area contributed by atoms with Gasteiger partial charge in [0.05, 0.1) is 22.0 Å². The zero-order valence-electron chi connectivity index (χ0n) is 16.0. The molecule has 30 heavy (non-hydrogen) atoms. The Kier molecular flexibility index (Phi) is 5.12. The van der Waals surface area contributed by atoms with Crippen molar-refractivity contribution >= 4 is 35.1 Å². The molecule has 152 valence electrons. The quantitative estimate of drug-likeness (QED) is 0.458. The molecule has 1 aromatic heterocycles. The van der Waals surface area contributed by atoms with Crippen LogP contribution in [-0.4, -0.2) is 33.5 Å². The normalized spacial score (nSPS) is 14.6. The average molecular weight is 440 g/mol. The molecule has 1 amide bonds. The van der Waals surface area contributed by atoms with Crippen molar-refractivity contribution < 1.29 is 9.18 Å². The number of thioether (sulfide) groups is 2. The first-order chi connectivity index (χ1) is 14.6. The molecular formula is C22H18FN3O2S2. The third-order valence-electron chi connectivity index (χ3n) is 5.26. The lowest BCUT2D eigenvalue weighted by atomic mass is 10.2. The molecule has 0 spiro atoms. The van der Waals surface area contributed by atoms with Crippen molar-refractivity contribution in [2.75, 3.05) is 23.0 Å². The van der Waals surface area contributed by atoms with E-state index in [0.29, 0.717) is 22.3 Å². The summed E-state index contributed by atoms with van der Waals surface area (Å²) in [6.07, 6.45) is 1.59. The lowest BCUT2D eigenvalue weighted by Crippen LogP contribution is -2.31. The second-order valence-corrected chi connectivity index (χ2v) is 9.15. The number of fused-ring (bicyclic) bond motifs is 2. The molecule has 0 N–H and O–H groups in total. The van der Waals surface area contributed by atoms with Gasteiger partial charge in [0, 0.05) is 24.4 Å². The first-order valence-electron chi connectivity index (χ1n) is 9.67. The number of halogens is 1. The van der Waals surface area contributed by atoms with Crippen molar-refractivity contribution in [2.24, 2.45) is 0 Å². The van der Waals surface area contributed by atoms with E-state index in [0.717, 1.165) is 30.0 Å². The Morgan fingerprint density at radius 2 is 1.93 bits per heavy atom. The monoisotopic (exact) mass is 439 g/mol. The number of hydrogen-bond donors (Lipinski definition) is 0. The maximum absolute atomic E-state index is 13.4. The van der Waals surface area contributed by atoms with Crippen LogP contribution in [0.25, 0.3) is 5.69 Å². The number of hydrogen-bond acceptors (Lipinski definition) is 5. The van der Waals surface area contributed by atoms with Gasteiger partial charge in [-0.25, -0.2) is 9.37 Å². The lowest BCUT2D eigenvalue weighted by Gasteiger charge is -2.18. The van der Waals surface area contributed by atoms with E-state index < -0.39 is 0 Å². The van der Waals surface area contributed by atoms with Gasteiger partial charge in [0.15, 0.2) is 5.16 Å². The van der Waals surface area contributed by atoms with E-state index in [1.807, 2.05) is 24.3 Å². The minimum atomic E-state index is -0.368. The van der Waals surface area contributed by atoms with Crippen LogP contribution in [0.2, 0.25) is 0 Å². The smallest absolute Gasteiger partial charge is 0.272 e. The van der Waals surface area contributed by atoms with Gasteiger partial charge in [-0.2, -0.15) is 0 Å². The van der Waals surface area contributed by atoms with Crippen LogP contribution in [0.15, 0.2) is 63.4 Å². The molecule has 0 atom stereocenters. The number of aromatic nitrogens is 2. The fourth-order valence-corrected chi connectivity index (χ4v) is 5.74. The summed E-state index contributed by atoms with van der Waals surface area (Å²) >= 11 is 2.75. The first kappa shape index (κ1) is 19.4. The number of para-hydroxylation sites is 1. The largest absolute Gasteiger partial charge is 0.311 e. The molecule has 0 saturated carbocycles. The molecule has 8 heteroatoms. The number of benzene rings is 2. The van der Waals surface area contributed by atoms with E-state index in [-0.39, 0.29) is 23.0 Å². The maximum atomic E-state index is 13.4. The van der Waals surface area contributed by atoms with E-state index >= 15 is 0 Å². The summed E-state index contributed by atoms with van der Waals surface area (Å²) in [5, 5.41) is 0.466. The molecule has 2 aliphatic rings. The van der Waals surface area contributed by atoms with Gasteiger partial charge in [-0.3, -0.25) is 14.2 Å². The highest BCUT2D eigenvalue weighted by Crippen LogP contribution is 2.31. The zero-order chi connectivity index (χ0) is 20.7. The van der Waals surface area contributed by atoms with Crippen molar-refractivity contribution in [3.05, 3.63) is 76.0 Å². The van der Waals surface area contributed by atoms with Gasteiger partial charge in [-0.15, -0.1) is 11.8 Å². The van der Waals surface area contributed by atoms with E-state index in [9.17, 15) is 14.0 Å². The molecule has 2 aromatic carbocycles. The highest BCUT2D eigenvalue weighted by molar-refractivity contribution is 8.00. The van der Waals surface area contributed by atoms with Gasteiger partial charge in [-0.1, -0.05) is 30.0 Å². The molecule has 0 saturated heterocycles. The highest BCUT2D eigenvalue weighted by atomic mass is 32.2. The Balaban J connectivity index is 1.46. The summed E-state index contributed by atoms with van der Waals surface area (Å²) in [4.78, 5) is 33.2. The number of rotatable bonds is 4. The van der Waals surface area contributed by atoms with Crippen LogP contribution >= 0.6 is 23.5 Å². The Morgan fingerprint density at radius 1 is 1.13 bits per heavy atom. The van der Waals surface area contributed by atoms with Gasteiger partial charge >= 0.3 is 0 Å². The van der Waals surface area contributed by atoms with Crippen LogP contribution in [0.1, 0.15) is 11.3 Å². The minimum absolute atomic E-state index is 0.0141. The topological polar surface area (TPSA) is 55.2 Å². The van der Waals surface area contributed by atoms with E-state index in [4.69, 9.17) is 4.98 Å². The summed E-state index contributed by atoms with van der Waals surface area (Å²) in [5.74, 6) is 0.610. The average Bonchev–Trinajstić information content (AvgIpc) is 3.40. The molecule has 0 aliphatic carbocycles. The Bertz CT molecular complexity index is 1190. The number of anilines is 1. The van der Waals surface area contributed by atoms with Gasteiger partial charge in [-0.05, 0) is 42.3 Å². The first-order valence-corrected chi connectivity index (χ1v) is 11.6. The molecule has 3 aromatic rings. The van der Waals surface area contributed by atoms with Gasteiger partial charge in [0.25, 0.3) is 5.56 Å². The van der Waals surface area contributed by atoms with E-state index in [1.54, 1.807) is 17.0 Å². The predicted molar refractivity (Wildman–Crippen MR) is 117 cm³/mol. The Labute approximate surface area is 181 Å².